The Balaban J connectivity index is 1.81. The fraction of sp³-hybridized carbons (Fsp3) is 0.769. The monoisotopic (exact) mass is 389 g/mol. The molecule has 1 rings (SSSR count). The number of hydrogen-bond acceptors (Lipinski definition) is 2. The molecule has 0 spiro atoms. The lowest BCUT2D eigenvalue weighted by molar-refractivity contribution is 0.00789. The molecule has 1 atom stereocenters. The van der Waals surface area contributed by atoms with Gasteiger partial charge in [0, 0.05) is 20.1 Å². The zero-order valence-electron chi connectivity index (χ0n) is 18.7. The van der Waals surface area contributed by atoms with Crippen molar-refractivity contribution in [2.45, 2.75) is 109 Å². The van der Waals surface area contributed by atoms with Gasteiger partial charge in [-0.05, 0) is 18.1 Å². The summed E-state index contributed by atoms with van der Waals surface area (Å²) in [6, 6.07) is 11.2. The van der Waals surface area contributed by atoms with Crippen LogP contribution < -0.4 is 0 Å². The largest absolute Gasteiger partial charge is 0.379 e. The van der Waals surface area contributed by atoms with E-state index in [4.69, 9.17) is 9.47 Å². The van der Waals surface area contributed by atoms with Gasteiger partial charge in [0.15, 0.2) is 0 Å². The molecule has 0 aliphatic rings. The highest BCUT2D eigenvalue weighted by atomic mass is 16.5. The number of methoxy groups -OCH3 is 1. The summed E-state index contributed by atoms with van der Waals surface area (Å²) in [6.45, 7) is 3.83. The summed E-state index contributed by atoms with van der Waals surface area (Å²) < 4.78 is 11.4. The number of unbranched alkanes of at least 4 members (excludes halogenated alkanes) is 13. The Labute approximate surface area is 175 Å². The van der Waals surface area contributed by atoms with Crippen LogP contribution >= 0.6 is 0 Å². The highest BCUT2D eigenvalue weighted by molar-refractivity contribution is 5.14. The van der Waals surface area contributed by atoms with E-state index in [1.165, 1.54) is 95.5 Å². The van der Waals surface area contributed by atoms with E-state index in [1.54, 1.807) is 7.11 Å². The van der Waals surface area contributed by atoms with Crippen molar-refractivity contribution >= 4 is 0 Å². The average molecular weight is 390 g/mol. The van der Waals surface area contributed by atoms with E-state index in [1.807, 2.05) is 18.2 Å². The van der Waals surface area contributed by atoms with Crippen LogP contribution in [0.4, 0.5) is 0 Å². The third kappa shape index (κ3) is 15.1. The third-order valence-corrected chi connectivity index (χ3v) is 5.51. The molecule has 1 aromatic rings. The van der Waals surface area contributed by atoms with E-state index < -0.39 is 0 Å². The van der Waals surface area contributed by atoms with Gasteiger partial charge in [-0.2, -0.15) is 0 Å². The van der Waals surface area contributed by atoms with Gasteiger partial charge in [-0.1, -0.05) is 115 Å². The molecule has 28 heavy (non-hydrogen) atoms. The molecule has 1 radical (unpaired) electrons. The molecular formula is C26H45O2. The average Bonchev–Trinajstić information content (AvgIpc) is 2.73. The standard InChI is InChI=1S/C26H45O2/c1-3-4-5-6-7-8-9-10-11-12-13-14-15-19-22-28-24-26(27-2)23-25-20-17-16-18-21-25/h16-17,20-21,26H,3-15,19,22-24H2,1-2H3. The van der Waals surface area contributed by atoms with E-state index in [-0.39, 0.29) is 6.10 Å². The molecule has 0 bridgehead atoms. The Hall–Kier alpha value is -0.860. The maximum atomic E-state index is 5.83. The Bertz CT molecular complexity index is 418. The van der Waals surface area contributed by atoms with Crippen LogP contribution in [0.2, 0.25) is 0 Å². The zero-order valence-corrected chi connectivity index (χ0v) is 18.7. The Kier molecular flexibility index (Phi) is 17.5. The molecule has 0 aliphatic carbocycles. The molecule has 0 aromatic heterocycles. The summed E-state index contributed by atoms with van der Waals surface area (Å²) in [6.07, 6.45) is 20.5. The maximum Gasteiger partial charge on any atom is 0.0844 e. The van der Waals surface area contributed by atoms with Crippen LogP contribution in [0.3, 0.4) is 0 Å². The molecule has 0 N–H and O–H groups in total. The SMILES string of the molecule is CCCCCCCCCCCCCCCCOCC(Cc1c[c]ccc1)OC. The van der Waals surface area contributed by atoms with Crippen LogP contribution in [-0.2, 0) is 15.9 Å². The first kappa shape index (κ1) is 25.2. The Morgan fingerprint density at radius 1 is 0.821 bits per heavy atom. The van der Waals surface area contributed by atoms with Crippen molar-refractivity contribution < 1.29 is 9.47 Å². The van der Waals surface area contributed by atoms with E-state index >= 15 is 0 Å². The Morgan fingerprint density at radius 2 is 1.39 bits per heavy atom. The van der Waals surface area contributed by atoms with Crippen molar-refractivity contribution in [1.29, 1.82) is 0 Å². The Morgan fingerprint density at radius 3 is 1.89 bits per heavy atom. The summed E-state index contributed by atoms with van der Waals surface area (Å²) in [5, 5.41) is 0. The summed E-state index contributed by atoms with van der Waals surface area (Å²) in [5.74, 6) is 0. The predicted molar refractivity (Wildman–Crippen MR) is 121 cm³/mol. The van der Waals surface area contributed by atoms with Gasteiger partial charge in [0.05, 0.1) is 12.7 Å². The molecule has 0 aliphatic heterocycles. The van der Waals surface area contributed by atoms with E-state index in [0.717, 1.165) is 13.0 Å². The van der Waals surface area contributed by atoms with Gasteiger partial charge in [-0.15, -0.1) is 0 Å². The van der Waals surface area contributed by atoms with Gasteiger partial charge in [-0.3, -0.25) is 0 Å². The summed E-state index contributed by atoms with van der Waals surface area (Å²) >= 11 is 0. The summed E-state index contributed by atoms with van der Waals surface area (Å²) in [7, 11) is 1.77. The van der Waals surface area contributed by atoms with Gasteiger partial charge >= 0.3 is 0 Å². The number of rotatable bonds is 20. The van der Waals surface area contributed by atoms with Gasteiger partial charge in [0.1, 0.15) is 0 Å². The molecule has 1 aromatic carbocycles. The first-order valence-electron chi connectivity index (χ1n) is 11.9. The highest BCUT2D eigenvalue weighted by Crippen LogP contribution is 2.13. The van der Waals surface area contributed by atoms with Crippen LogP contribution in [0.5, 0.6) is 0 Å². The molecule has 0 saturated heterocycles. The lowest BCUT2D eigenvalue weighted by atomic mass is 10.0. The first-order chi connectivity index (χ1) is 13.9. The second-order valence-electron chi connectivity index (χ2n) is 8.14. The van der Waals surface area contributed by atoms with Crippen molar-refractivity contribution in [3.05, 3.63) is 35.9 Å². The quantitative estimate of drug-likeness (QED) is 0.214. The fourth-order valence-corrected chi connectivity index (χ4v) is 3.64. The molecule has 1 unspecified atom stereocenters. The zero-order chi connectivity index (χ0) is 20.1. The van der Waals surface area contributed by atoms with Crippen LogP contribution in [-0.4, -0.2) is 26.4 Å². The van der Waals surface area contributed by atoms with Gasteiger partial charge in [0.2, 0.25) is 0 Å². The summed E-state index contributed by atoms with van der Waals surface area (Å²) in [5.41, 5.74) is 1.26. The van der Waals surface area contributed by atoms with Crippen molar-refractivity contribution in [2.75, 3.05) is 20.3 Å². The van der Waals surface area contributed by atoms with Crippen molar-refractivity contribution in [3.8, 4) is 0 Å². The minimum atomic E-state index is 0.141. The summed E-state index contributed by atoms with van der Waals surface area (Å²) in [4.78, 5) is 0. The lowest BCUT2D eigenvalue weighted by Gasteiger charge is -2.15. The minimum absolute atomic E-state index is 0.141. The second-order valence-corrected chi connectivity index (χ2v) is 8.14. The second kappa shape index (κ2) is 19.5. The van der Waals surface area contributed by atoms with E-state index in [0.29, 0.717) is 6.61 Å². The van der Waals surface area contributed by atoms with Crippen LogP contribution in [0.15, 0.2) is 24.3 Å². The van der Waals surface area contributed by atoms with Crippen LogP contribution in [0, 0.1) is 6.07 Å². The number of benzene rings is 1. The number of hydrogen-bond donors (Lipinski definition) is 0. The van der Waals surface area contributed by atoms with Crippen LogP contribution in [0.25, 0.3) is 0 Å². The highest BCUT2D eigenvalue weighted by Gasteiger charge is 2.08. The molecule has 0 saturated carbocycles. The normalized spacial score (nSPS) is 12.4. The molecule has 161 valence electrons. The van der Waals surface area contributed by atoms with Crippen molar-refractivity contribution in [3.63, 3.8) is 0 Å². The van der Waals surface area contributed by atoms with Gasteiger partial charge in [0.25, 0.3) is 0 Å². The van der Waals surface area contributed by atoms with Gasteiger partial charge < -0.3 is 9.47 Å². The predicted octanol–water partition coefficient (Wildman–Crippen LogP) is 7.54. The topological polar surface area (TPSA) is 18.5 Å². The van der Waals surface area contributed by atoms with Crippen molar-refractivity contribution in [2.24, 2.45) is 0 Å². The smallest absolute Gasteiger partial charge is 0.0844 e. The molecular weight excluding hydrogens is 344 g/mol. The lowest BCUT2D eigenvalue weighted by Crippen LogP contribution is -2.21. The molecule has 0 heterocycles. The van der Waals surface area contributed by atoms with E-state index in [2.05, 4.69) is 19.1 Å². The fourth-order valence-electron chi connectivity index (χ4n) is 3.64. The maximum absolute atomic E-state index is 5.83. The third-order valence-electron chi connectivity index (χ3n) is 5.51. The van der Waals surface area contributed by atoms with Crippen molar-refractivity contribution in [1.82, 2.24) is 0 Å². The number of ether oxygens (including phenoxy) is 2. The first-order valence-corrected chi connectivity index (χ1v) is 11.9. The van der Waals surface area contributed by atoms with E-state index in [9.17, 15) is 0 Å². The molecule has 2 nitrogen and oxygen atoms in total. The molecule has 0 fully saturated rings. The van der Waals surface area contributed by atoms with Gasteiger partial charge in [-0.25, -0.2) is 0 Å². The molecule has 2 heteroatoms. The van der Waals surface area contributed by atoms with Crippen LogP contribution in [0.1, 0.15) is 102 Å². The minimum Gasteiger partial charge on any atom is -0.379 e. The molecule has 0 amide bonds.